The van der Waals surface area contributed by atoms with Gasteiger partial charge in [-0.05, 0) is 72.4 Å². The third-order valence-electron chi connectivity index (χ3n) is 10.8. The molecule has 2 fully saturated rings. The van der Waals surface area contributed by atoms with E-state index in [-0.39, 0.29) is 30.9 Å². The number of aromatic nitrogens is 4. The molecule has 18 heteroatoms. The van der Waals surface area contributed by atoms with E-state index >= 15 is 4.39 Å². The maximum atomic E-state index is 15.9. The number of carbonyl (C=O) groups excluding carboxylic acids is 3. The number of nitrogens with one attached hydrogen (secondary N) is 3. The summed E-state index contributed by atoms with van der Waals surface area (Å²) in [4.78, 5) is 61.1. The largest absolute Gasteiger partial charge is 0.494 e. The Hall–Kier alpha value is -5.51. The second-order valence-corrected chi connectivity index (χ2v) is 18.9. The van der Waals surface area contributed by atoms with E-state index in [0.717, 1.165) is 11.3 Å². The Morgan fingerprint density at radius 2 is 1.78 bits per heavy atom. The van der Waals surface area contributed by atoms with Crippen molar-refractivity contribution in [1.29, 1.82) is 0 Å². The molecule has 0 radical (unpaired) electrons. The molecule has 0 saturated carbocycles. The van der Waals surface area contributed by atoms with Crippen LogP contribution in [0.15, 0.2) is 59.5 Å². The number of ether oxygens (including phenoxy) is 1. The minimum Gasteiger partial charge on any atom is -0.494 e. The highest BCUT2D eigenvalue weighted by molar-refractivity contribution is 9.10. The van der Waals surface area contributed by atoms with Crippen LogP contribution in [0.4, 0.5) is 33.2 Å². The Morgan fingerprint density at radius 3 is 2.52 bits per heavy atom. The van der Waals surface area contributed by atoms with Gasteiger partial charge in [0.05, 0.1) is 40.3 Å². The molecular formula is C40H41BrFN10O5P. The lowest BCUT2D eigenvalue weighted by Gasteiger charge is -2.37. The molecule has 0 bridgehead atoms. The zero-order valence-electron chi connectivity index (χ0n) is 32.3. The molecule has 1 atom stereocenters. The number of amides is 3. The summed E-state index contributed by atoms with van der Waals surface area (Å²) in [6.07, 6.45) is 5.18. The van der Waals surface area contributed by atoms with Gasteiger partial charge in [-0.3, -0.25) is 34.6 Å². The Bertz CT molecular complexity index is 2550. The summed E-state index contributed by atoms with van der Waals surface area (Å²) in [7, 11) is -1.19. The van der Waals surface area contributed by atoms with E-state index in [1.54, 1.807) is 51.2 Å². The van der Waals surface area contributed by atoms with Crippen LogP contribution in [-0.2, 0) is 27.2 Å². The molecule has 2 aromatic heterocycles. The first-order chi connectivity index (χ1) is 27.8. The molecular weight excluding hydrogens is 830 g/mol. The van der Waals surface area contributed by atoms with Crippen molar-refractivity contribution in [3.8, 4) is 5.75 Å². The molecule has 58 heavy (non-hydrogen) atoms. The zero-order valence-corrected chi connectivity index (χ0v) is 34.8. The molecule has 3 amide bonds. The maximum absolute atomic E-state index is 15.9. The van der Waals surface area contributed by atoms with Crippen LogP contribution in [-0.4, -0.2) is 100 Å². The molecule has 0 spiro atoms. The van der Waals surface area contributed by atoms with Crippen molar-refractivity contribution in [3.05, 3.63) is 87.5 Å². The topological polar surface area (TPSA) is 175 Å². The fraction of sp³-hybridized carbons (Fsp3) is 0.325. The van der Waals surface area contributed by atoms with E-state index in [0.29, 0.717) is 93.6 Å². The molecule has 3 aromatic carbocycles. The molecule has 3 N–H and O–H groups in total. The number of imide groups is 1. The minimum atomic E-state index is -2.80. The van der Waals surface area contributed by atoms with Crippen molar-refractivity contribution in [2.75, 3.05) is 62.2 Å². The van der Waals surface area contributed by atoms with Gasteiger partial charge in [0.2, 0.25) is 17.8 Å². The number of hydrogen-bond acceptors (Lipinski definition) is 13. The second-order valence-electron chi connectivity index (χ2n) is 14.9. The first-order valence-corrected chi connectivity index (χ1v) is 22.1. The SMILES string of the molecule is COc1cc(N2CCN(Cc3ccc4c(c3F)CN(C3CCC(=O)NC3=O)C4=O)CC2)c(C)cc1Nc1ncc(Br)c(Nc2ccc3nccnc3c2P(C)(C)=O)n1. The quantitative estimate of drug-likeness (QED) is 0.119. The number of hydrogen-bond donors (Lipinski definition) is 3. The lowest BCUT2D eigenvalue weighted by molar-refractivity contribution is -0.136. The Labute approximate surface area is 342 Å². The number of benzene rings is 3. The lowest BCUT2D eigenvalue weighted by Crippen LogP contribution is -2.52. The molecule has 3 aliphatic heterocycles. The van der Waals surface area contributed by atoms with Crippen molar-refractivity contribution in [2.24, 2.45) is 0 Å². The van der Waals surface area contributed by atoms with Gasteiger partial charge in [-0.1, -0.05) is 6.07 Å². The Kier molecular flexibility index (Phi) is 10.6. The van der Waals surface area contributed by atoms with Gasteiger partial charge in [0, 0.05) is 86.2 Å². The lowest BCUT2D eigenvalue weighted by atomic mass is 10.0. The van der Waals surface area contributed by atoms with Gasteiger partial charge >= 0.3 is 0 Å². The molecule has 0 aliphatic carbocycles. The summed E-state index contributed by atoms with van der Waals surface area (Å²) >= 11 is 3.55. The number of anilines is 5. The van der Waals surface area contributed by atoms with Crippen molar-refractivity contribution in [2.45, 2.75) is 38.9 Å². The third-order valence-corrected chi connectivity index (χ3v) is 12.9. The Balaban J connectivity index is 0.937. The van der Waals surface area contributed by atoms with Crippen molar-refractivity contribution < 1.29 is 28.1 Å². The molecule has 3 aliphatic rings. The van der Waals surface area contributed by atoms with E-state index in [4.69, 9.17) is 9.72 Å². The van der Waals surface area contributed by atoms with E-state index in [1.807, 2.05) is 31.2 Å². The van der Waals surface area contributed by atoms with Crippen LogP contribution < -0.4 is 30.9 Å². The van der Waals surface area contributed by atoms with Gasteiger partial charge in [0.15, 0.2) is 0 Å². The maximum Gasteiger partial charge on any atom is 0.255 e. The number of halogens is 2. The van der Waals surface area contributed by atoms with Crippen LogP contribution in [0.2, 0.25) is 0 Å². The second kappa shape index (κ2) is 15.7. The third kappa shape index (κ3) is 7.61. The van der Waals surface area contributed by atoms with E-state index in [2.05, 4.69) is 56.6 Å². The molecule has 5 heterocycles. The van der Waals surface area contributed by atoms with E-state index in [9.17, 15) is 18.9 Å². The summed E-state index contributed by atoms with van der Waals surface area (Å²) < 4.78 is 35.8. The standard InChI is InChI=1S/C40H41BrFN10O5P/c1-22-17-29(47-40-45-19-26(41)37(49-40)46-28-8-7-27-35(44-12-11-43-27)36(28)58(3,4)56)32(57-2)18-31(22)51-15-13-50(14-16-51)20-23-5-6-24-25(34(23)42)21-52(39(24)55)30-9-10-33(53)48-38(30)54/h5-8,11-12,17-19,30H,9-10,13-16,20-21H2,1-4H3,(H,48,53,54)(H2,45,46,47,49). The zero-order chi connectivity index (χ0) is 40.9. The van der Waals surface area contributed by atoms with Gasteiger partial charge in [-0.25, -0.2) is 9.37 Å². The summed E-state index contributed by atoms with van der Waals surface area (Å²) in [5.41, 5.74) is 5.56. The van der Waals surface area contributed by atoms with Crippen LogP contribution in [0.3, 0.4) is 0 Å². The fourth-order valence-corrected chi connectivity index (χ4v) is 9.56. The number of piperidine rings is 1. The van der Waals surface area contributed by atoms with E-state index < -0.39 is 30.8 Å². The predicted octanol–water partition coefficient (Wildman–Crippen LogP) is 5.46. The van der Waals surface area contributed by atoms with Gasteiger partial charge in [0.25, 0.3) is 5.91 Å². The van der Waals surface area contributed by atoms with Gasteiger partial charge < -0.3 is 29.7 Å². The van der Waals surface area contributed by atoms with Gasteiger partial charge in [-0.15, -0.1) is 0 Å². The van der Waals surface area contributed by atoms with Crippen molar-refractivity contribution >= 4 is 86.0 Å². The number of aryl methyl sites for hydroxylation is 1. The number of methoxy groups -OCH3 is 1. The van der Waals surface area contributed by atoms with Crippen molar-refractivity contribution in [1.82, 2.24) is 35.1 Å². The summed E-state index contributed by atoms with van der Waals surface area (Å²) in [6.45, 7) is 8.55. The average molecular weight is 872 g/mol. The number of carbonyl (C=O) groups is 3. The first kappa shape index (κ1) is 39.3. The Morgan fingerprint density at radius 1 is 1.00 bits per heavy atom. The highest BCUT2D eigenvalue weighted by atomic mass is 79.9. The molecule has 1 unspecified atom stereocenters. The van der Waals surface area contributed by atoms with Crippen LogP contribution in [0.5, 0.6) is 5.75 Å². The highest BCUT2D eigenvalue weighted by Crippen LogP contribution is 2.42. The fourth-order valence-electron chi connectivity index (χ4n) is 7.88. The molecule has 8 rings (SSSR count). The average Bonchev–Trinajstić information content (AvgIpc) is 3.53. The van der Waals surface area contributed by atoms with Crippen molar-refractivity contribution in [3.63, 3.8) is 0 Å². The summed E-state index contributed by atoms with van der Waals surface area (Å²) in [6, 6.07) is 10.1. The van der Waals surface area contributed by atoms with Crippen LogP contribution in [0, 0.1) is 12.7 Å². The number of fused-ring (bicyclic) bond motifs is 2. The smallest absolute Gasteiger partial charge is 0.255 e. The molecule has 5 aromatic rings. The molecule has 300 valence electrons. The first-order valence-electron chi connectivity index (χ1n) is 18.8. The van der Waals surface area contributed by atoms with Crippen LogP contribution in [0.25, 0.3) is 11.0 Å². The highest BCUT2D eigenvalue weighted by Gasteiger charge is 2.40. The van der Waals surface area contributed by atoms with Crippen LogP contribution >= 0.6 is 23.1 Å². The predicted molar refractivity (Wildman–Crippen MR) is 223 cm³/mol. The monoisotopic (exact) mass is 870 g/mol. The van der Waals surface area contributed by atoms with E-state index in [1.165, 1.54) is 4.90 Å². The normalized spacial score (nSPS) is 17.4. The molecule has 2 saturated heterocycles. The number of nitrogens with zero attached hydrogens (tertiary/aromatic N) is 7. The minimum absolute atomic E-state index is 0.00389. The summed E-state index contributed by atoms with van der Waals surface area (Å²) in [5.74, 6) is -0.335. The molecule has 15 nitrogen and oxygen atoms in total. The van der Waals surface area contributed by atoms with Gasteiger partial charge in [-0.2, -0.15) is 4.98 Å². The number of rotatable bonds is 10. The summed E-state index contributed by atoms with van der Waals surface area (Å²) in [5, 5.41) is 9.50. The number of piperazine rings is 1. The van der Waals surface area contributed by atoms with Gasteiger partial charge in [0.1, 0.15) is 36.1 Å². The van der Waals surface area contributed by atoms with Crippen LogP contribution in [0.1, 0.15) is 39.9 Å².